The van der Waals surface area contributed by atoms with E-state index in [4.69, 9.17) is 0 Å². The third kappa shape index (κ3) is 5.25. The van der Waals surface area contributed by atoms with Crippen LogP contribution in [0.5, 0.6) is 0 Å². The highest BCUT2D eigenvalue weighted by atomic mass is 16.2. The Morgan fingerprint density at radius 3 is 2.52 bits per heavy atom. The molecule has 0 saturated heterocycles. The Balaban J connectivity index is 1.82. The van der Waals surface area contributed by atoms with Crippen molar-refractivity contribution in [3.05, 3.63) is 99.7 Å². The number of nitrogens with one attached hydrogen (secondary N) is 1. The predicted molar refractivity (Wildman–Crippen MR) is 111 cm³/mol. The molecule has 1 amide bonds. The van der Waals surface area contributed by atoms with Crippen LogP contribution in [0, 0.1) is 0 Å². The van der Waals surface area contributed by atoms with E-state index in [0.717, 1.165) is 17.5 Å². The Morgan fingerprint density at radius 1 is 1.07 bits per heavy atom. The molecule has 0 aliphatic heterocycles. The minimum atomic E-state index is -0.498. The van der Waals surface area contributed by atoms with Crippen molar-refractivity contribution < 1.29 is 9.59 Å². The molecular formula is C23H23N3O3. The summed E-state index contributed by atoms with van der Waals surface area (Å²) >= 11 is 0. The molecule has 1 aromatic carbocycles. The van der Waals surface area contributed by atoms with E-state index in [9.17, 15) is 14.4 Å². The molecule has 0 fully saturated rings. The largest absolute Gasteiger partial charge is 0.355 e. The lowest BCUT2D eigenvalue weighted by Gasteiger charge is -2.11. The molecule has 6 nitrogen and oxygen atoms in total. The van der Waals surface area contributed by atoms with Gasteiger partial charge in [-0.1, -0.05) is 36.4 Å². The summed E-state index contributed by atoms with van der Waals surface area (Å²) in [6.45, 7) is 0.292. The van der Waals surface area contributed by atoms with Gasteiger partial charge in [-0.05, 0) is 36.1 Å². The number of nitrogens with zero attached hydrogens (tertiary/aromatic N) is 2. The monoisotopic (exact) mass is 389 g/mol. The van der Waals surface area contributed by atoms with Gasteiger partial charge < -0.3 is 9.88 Å². The summed E-state index contributed by atoms with van der Waals surface area (Å²) in [6, 6.07) is 14.7. The zero-order valence-corrected chi connectivity index (χ0v) is 16.3. The van der Waals surface area contributed by atoms with Gasteiger partial charge in [-0.15, -0.1) is 0 Å². The maximum Gasteiger partial charge on any atom is 0.263 e. The van der Waals surface area contributed by atoms with Gasteiger partial charge in [0.1, 0.15) is 5.56 Å². The molecule has 3 aromatic rings. The molecule has 2 heterocycles. The third-order valence-electron chi connectivity index (χ3n) is 4.67. The van der Waals surface area contributed by atoms with Crippen LogP contribution in [-0.4, -0.2) is 28.3 Å². The van der Waals surface area contributed by atoms with Crippen molar-refractivity contribution in [3.8, 4) is 0 Å². The summed E-state index contributed by atoms with van der Waals surface area (Å²) in [7, 11) is 1.46. The van der Waals surface area contributed by atoms with Crippen LogP contribution in [0.15, 0.2) is 71.9 Å². The van der Waals surface area contributed by atoms with Crippen LogP contribution in [0.25, 0.3) is 0 Å². The summed E-state index contributed by atoms with van der Waals surface area (Å²) in [5.74, 6) is -0.595. The lowest BCUT2D eigenvalue weighted by atomic mass is 10.0. The molecule has 0 radical (unpaired) electrons. The minimum absolute atomic E-state index is 0.0264. The van der Waals surface area contributed by atoms with Crippen molar-refractivity contribution in [2.24, 2.45) is 0 Å². The molecule has 0 aliphatic carbocycles. The summed E-state index contributed by atoms with van der Waals surface area (Å²) < 4.78 is 1.42. The number of hydrogen-bond acceptors (Lipinski definition) is 4. The second-order valence-electron chi connectivity index (χ2n) is 6.78. The Hall–Kier alpha value is -3.54. The quantitative estimate of drug-likeness (QED) is 0.601. The van der Waals surface area contributed by atoms with Gasteiger partial charge in [0.05, 0.1) is 6.54 Å². The highest BCUT2D eigenvalue weighted by Crippen LogP contribution is 2.11. The summed E-state index contributed by atoms with van der Waals surface area (Å²) in [5, 5.41) is 2.47. The Bertz CT molecular complexity index is 1040. The van der Waals surface area contributed by atoms with Crippen LogP contribution < -0.4 is 10.9 Å². The first-order valence-electron chi connectivity index (χ1n) is 9.51. The van der Waals surface area contributed by atoms with Gasteiger partial charge in [-0.2, -0.15) is 0 Å². The fourth-order valence-corrected chi connectivity index (χ4v) is 3.13. The van der Waals surface area contributed by atoms with Gasteiger partial charge in [-0.25, -0.2) is 0 Å². The first-order chi connectivity index (χ1) is 14.1. The number of aromatic nitrogens is 2. The van der Waals surface area contributed by atoms with Crippen molar-refractivity contribution in [2.45, 2.75) is 25.8 Å². The van der Waals surface area contributed by atoms with Gasteiger partial charge in [0.25, 0.3) is 11.5 Å². The lowest BCUT2D eigenvalue weighted by molar-refractivity contribution is 0.0961. The van der Waals surface area contributed by atoms with Crippen LogP contribution in [-0.2, 0) is 13.0 Å². The maximum atomic E-state index is 12.8. The molecule has 29 heavy (non-hydrogen) atoms. The van der Waals surface area contributed by atoms with E-state index < -0.39 is 11.5 Å². The zero-order chi connectivity index (χ0) is 20.6. The number of carbonyl (C=O) groups excluding carboxylic acids is 2. The highest BCUT2D eigenvalue weighted by molar-refractivity contribution is 6.00. The average Bonchev–Trinajstić information content (AvgIpc) is 2.76. The fourth-order valence-electron chi connectivity index (χ4n) is 3.13. The normalized spacial score (nSPS) is 10.5. The molecule has 0 saturated carbocycles. The SMILES string of the molecule is CNC(=O)c1cc(C(=O)CCCc2cccnc2)cn(Cc2ccccc2)c1=O. The van der Waals surface area contributed by atoms with E-state index in [0.29, 0.717) is 24.9 Å². The van der Waals surface area contributed by atoms with E-state index in [1.807, 2.05) is 42.5 Å². The number of aryl methyl sites for hydroxylation is 1. The topological polar surface area (TPSA) is 81.1 Å². The number of carbonyl (C=O) groups is 2. The maximum absolute atomic E-state index is 12.8. The molecular weight excluding hydrogens is 366 g/mol. The first kappa shape index (κ1) is 20.2. The standard InChI is InChI=1S/C23H23N3O3/c1-24-22(28)20-13-19(21(27)11-5-9-17-10-6-12-25-14-17)16-26(23(20)29)15-18-7-3-2-4-8-18/h2-4,6-8,10,12-14,16H,5,9,11,15H2,1H3,(H,24,28). The number of pyridine rings is 2. The number of Topliss-reactive ketones (excluding diaryl/α,β-unsaturated/α-hetero) is 1. The lowest BCUT2D eigenvalue weighted by Crippen LogP contribution is -2.32. The van der Waals surface area contributed by atoms with Gasteiger partial charge >= 0.3 is 0 Å². The van der Waals surface area contributed by atoms with Crippen LogP contribution >= 0.6 is 0 Å². The molecule has 0 unspecified atom stereocenters. The predicted octanol–water partition coefficient (Wildman–Crippen LogP) is 2.86. The van der Waals surface area contributed by atoms with Crippen LogP contribution in [0.4, 0.5) is 0 Å². The third-order valence-corrected chi connectivity index (χ3v) is 4.67. The fraction of sp³-hybridized carbons (Fsp3) is 0.217. The highest BCUT2D eigenvalue weighted by Gasteiger charge is 2.17. The van der Waals surface area contributed by atoms with E-state index in [-0.39, 0.29) is 11.3 Å². The minimum Gasteiger partial charge on any atom is -0.355 e. The molecule has 0 spiro atoms. The summed E-state index contributed by atoms with van der Waals surface area (Å²) in [6.07, 6.45) is 6.78. The van der Waals surface area contributed by atoms with E-state index in [1.54, 1.807) is 18.6 Å². The van der Waals surface area contributed by atoms with E-state index in [1.165, 1.54) is 17.7 Å². The number of ketones is 1. The molecule has 0 aliphatic rings. The zero-order valence-electron chi connectivity index (χ0n) is 16.3. The van der Waals surface area contributed by atoms with Crippen molar-refractivity contribution >= 4 is 11.7 Å². The van der Waals surface area contributed by atoms with Crippen molar-refractivity contribution in [1.29, 1.82) is 0 Å². The molecule has 6 heteroatoms. The summed E-state index contributed by atoms with van der Waals surface area (Å²) in [5.41, 5.74) is 1.91. The average molecular weight is 389 g/mol. The molecule has 3 rings (SSSR count). The van der Waals surface area contributed by atoms with E-state index in [2.05, 4.69) is 10.3 Å². The van der Waals surface area contributed by atoms with Crippen molar-refractivity contribution in [3.63, 3.8) is 0 Å². The van der Waals surface area contributed by atoms with E-state index >= 15 is 0 Å². The second kappa shape index (κ2) is 9.59. The first-order valence-corrected chi connectivity index (χ1v) is 9.51. The second-order valence-corrected chi connectivity index (χ2v) is 6.78. The smallest absolute Gasteiger partial charge is 0.263 e. The summed E-state index contributed by atoms with van der Waals surface area (Å²) in [4.78, 5) is 41.7. The van der Waals surface area contributed by atoms with Gasteiger partial charge in [-0.3, -0.25) is 19.4 Å². The Morgan fingerprint density at radius 2 is 1.83 bits per heavy atom. The van der Waals surface area contributed by atoms with Crippen LogP contribution in [0.3, 0.4) is 0 Å². The molecule has 1 N–H and O–H groups in total. The van der Waals surface area contributed by atoms with Gasteiger partial charge in [0, 0.05) is 37.6 Å². The molecule has 2 aromatic heterocycles. The van der Waals surface area contributed by atoms with Crippen LogP contribution in [0.1, 0.15) is 44.7 Å². The van der Waals surface area contributed by atoms with Crippen molar-refractivity contribution in [2.75, 3.05) is 7.05 Å². The van der Waals surface area contributed by atoms with Gasteiger partial charge in [0.2, 0.25) is 0 Å². The van der Waals surface area contributed by atoms with Gasteiger partial charge in [0.15, 0.2) is 5.78 Å². The molecule has 0 bridgehead atoms. The number of hydrogen-bond donors (Lipinski definition) is 1. The molecule has 148 valence electrons. The molecule has 0 atom stereocenters. The Labute approximate surface area is 169 Å². The van der Waals surface area contributed by atoms with Crippen LogP contribution in [0.2, 0.25) is 0 Å². The number of amides is 1. The van der Waals surface area contributed by atoms with Crippen molar-refractivity contribution in [1.82, 2.24) is 14.9 Å². The number of rotatable bonds is 8. The number of benzene rings is 1. The Kier molecular flexibility index (Phi) is 6.68.